The SMILES string of the molecule is N[C@H](Cc1ccc(F)c(F)c1)c1nn[nH]n1. The number of halogens is 2. The standard InChI is InChI=1S/C9H9F2N5/c10-6-2-1-5(3-7(6)11)4-8(12)9-13-15-16-14-9/h1-3,8H,4,12H2,(H,13,14,15,16)/t8-/m1/s1. The van der Waals surface area contributed by atoms with Gasteiger partial charge in [0.2, 0.25) is 0 Å². The normalized spacial score (nSPS) is 12.7. The fraction of sp³-hybridized carbons (Fsp3) is 0.222. The van der Waals surface area contributed by atoms with Crippen LogP contribution in [0.25, 0.3) is 0 Å². The molecule has 2 rings (SSSR count). The number of benzene rings is 1. The molecule has 0 aliphatic carbocycles. The van der Waals surface area contributed by atoms with E-state index >= 15 is 0 Å². The number of nitrogens with one attached hydrogen (secondary N) is 1. The second kappa shape index (κ2) is 4.31. The van der Waals surface area contributed by atoms with Gasteiger partial charge in [0.05, 0.1) is 6.04 Å². The molecule has 3 N–H and O–H groups in total. The summed E-state index contributed by atoms with van der Waals surface area (Å²) in [6.07, 6.45) is 0.316. The van der Waals surface area contributed by atoms with Crippen LogP contribution in [-0.4, -0.2) is 20.6 Å². The zero-order chi connectivity index (χ0) is 11.5. The van der Waals surface area contributed by atoms with Crippen molar-refractivity contribution < 1.29 is 8.78 Å². The average Bonchev–Trinajstić information content (AvgIpc) is 2.77. The molecule has 0 unspecified atom stereocenters. The van der Waals surface area contributed by atoms with Gasteiger partial charge in [0.25, 0.3) is 0 Å². The summed E-state index contributed by atoms with van der Waals surface area (Å²) in [5, 5.41) is 13.1. The Labute approximate surface area is 89.7 Å². The van der Waals surface area contributed by atoms with Gasteiger partial charge in [-0.15, -0.1) is 10.2 Å². The number of tetrazole rings is 1. The fourth-order valence-corrected chi connectivity index (χ4v) is 1.34. The molecule has 7 heteroatoms. The predicted octanol–water partition coefficient (Wildman–Crippen LogP) is 0.720. The minimum absolute atomic E-state index is 0.316. The summed E-state index contributed by atoms with van der Waals surface area (Å²) in [4.78, 5) is 0. The largest absolute Gasteiger partial charge is 0.321 e. The minimum Gasteiger partial charge on any atom is -0.321 e. The average molecular weight is 225 g/mol. The zero-order valence-electron chi connectivity index (χ0n) is 8.19. The molecule has 0 bridgehead atoms. The summed E-state index contributed by atoms with van der Waals surface area (Å²) in [6, 6.07) is 3.14. The lowest BCUT2D eigenvalue weighted by Gasteiger charge is -2.07. The molecule has 1 atom stereocenters. The van der Waals surface area contributed by atoms with Crippen molar-refractivity contribution in [3.05, 3.63) is 41.2 Å². The number of aromatic amines is 1. The molecule has 0 saturated carbocycles. The molecule has 1 aromatic carbocycles. The van der Waals surface area contributed by atoms with Gasteiger partial charge in [-0.05, 0) is 24.1 Å². The topological polar surface area (TPSA) is 80.5 Å². The molecule has 1 heterocycles. The number of H-pyrrole nitrogens is 1. The Bertz CT molecular complexity index is 471. The van der Waals surface area contributed by atoms with Crippen LogP contribution in [0.4, 0.5) is 8.78 Å². The maximum atomic E-state index is 12.9. The van der Waals surface area contributed by atoms with Crippen molar-refractivity contribution in [1.29, 1.82) is 0 Å². The molecule has 1 aromatic heterocycles. The Morgan fingerprint density at radius 2 is 2.12 bits per heavy atom. The molecule has 2 aromatic rings. The van der Waals surface area contributed by atoms with E-state index in [9.17, 15) is 8.78 Å². The lowest BCUT2D eigenvalue weighted by molar-refractivity contribution is 0.506. The zero-order valence-corrected chi connectivity index (χ0v) is 8.19. The Morgan fingerprint density at radius 1 is 1.31 bits per heavy atom. The van der Waals surface area contributed by atoms with Gasteiger partial charge >= 0.3 is 0 Å². The van der Waals surface area contributed by atoms with Crippen molar-refractivity contribution in [2.75, 3.05) is 0 Å². The minimum atomic E-state index is -0.891. The smallest absolute Gasteiger partial charge is 0.191 e. The summed E-state index contributed by atoms with van der Waals surface area (Å²) in [5.74, 6) is -1.43. The van der Waals surface area contributed by atoms with E-state index in [4.69, 9.17) is 5.73 Å². The van der Waals surface area contributed by atoms with Crippen molar-refractivity contribution >= 4 is 0 Å². The van der Waals surface area contributed by atoms with E-state index in [-0.39, 0.29) is 0 Å². The van der Waals surface area contributed by atoms with Gasteiger partial charge in [0.15, 0.2) is 17.5 Å². The van der Waals surface area contributed by atoms with Gasteiger partial charge in [-0.1, -0.05) is 11.3 Å². The third-order valence-corrected chi connectivity index (χ3v) is 2.13. The van der Waals surface area contributed by atoms with Crippen LogP contribution in [0.15, 0.2) is 18.2 Å². The fourth-order valence-electron chi connectivity index (χ4n) is 1.34. The van der Waals surface area contributed by atoms with Gasteiger partial charge in [-0.25, -0.2) is 8.78 Å². The van der Waals surface area contributed by atoms with E-state index in [0.717, 1.165) is 12.1 Å². The number of hydrogen-bond acceptors (Lipinski definition) is 4. The lowest BCUT2D eigenvalue weighted by Crippen LogP contribution is -2.15. The number of nitrogens with zero attached hydrogens (tertiary/aromatic N) is 3. The molecule has 0 saturated heterocycles. The summed E-state index contributed by atoms with van der Waals surface area (Å²) < 4.78 is 25.6. The number of aromatic nitrogens is 4. The van der Waals surface area contributed by atoms with Crippen molar-refractivity contribution in [1.82, 2.24) is 20.6 Å². The van der Waals surface area contributed by atoms with Crippen LogP contribution in [0.2, 0.25) is 0 Å². The van der Waals surface area contributed by atoms with Crippen LogP contribution in [0, 0.1) is 11.6 Å². The highest BCUT2D eigenvalue weighted by atomic mass is 19.2. The molecule has 5 nitrogen and oxygen atoms in total. The Kier molecular flexibility index (Phi) is 2.86. The van der Waals surface area contributed by atoms with Crippen LogP contribution in [0.3, 0.4) is 0 Å². The van der Waals surface area contributed by atoms with Crippen LogP contribution in [0.5, 0.6) is 0 Å². The quantitative estimate of drug-likeness (QED) is 0.806. The van der Waals surface area contributed by atoms with Crippen LogP contribution < -0.4 is 5.73 Å². The third-order valence-electron chi connectivity index (χ3n) is 2.13. The summed E-state index contributed by atoms with van der Waals surface area (Å²) in [6.45, 7) is 0. The predicted molar refractivity (Wildman–Crippen MR) is 51.2 cm³/mol. The van der Waals surface area contributed by atoms with E-state index in [0.29, 0.717) is 17.8 Å². The highest BCUT2D eigenvalue weighted by molar-refractivity contribution is 5.19. The molecule has 0 aliphatic heterocycles. The maximum absolute atomic E-state index is 12.9. The van der Waals surface area contributed by atoms with Crippen LogP contribution in [-0.2, 0) is 6.42 Å². The number of nitrogens with two attached hydrogens (primary N) is 1. The molecule has 0 aliphatic rings. The Morgan fingerprint density at radius 3 is 2.75 bits per heavy atom. The van der Waals surface area contributed by atoms with Gasteiger partial charge in [0.1, 0.15) is 0 Å². The van der Waals surface area contributed by atoms with E-state index < -0.39 is 17.7 Å². The second-order valence-electron chi connectivity index (χ2n) is 3.33. The first-order chi connectivity index (χ1) is 7.66. The Hall–Kier alpha value is -1.89. The first kappa shape index (κ1) is 10.6. The second-order valence-corrected chi connectivity index (χ2v) is 3.33. The molecule has 16 heavy (non-hydrogen) atoms. The van der Waals surface area contributed by atoms with E-state index in [1.165, 1.54) is 6.07 Å². The van der Waals surface area contributed by atoms with Gasteiger partial charge in [-0.2, -0.15) is 5.21 Å². The summed E-state index contributed by atoms with van der Waals surface area (Å²) in [5.41, 5.74) is 6.34. The van der Waals surface area contributed by atoms with E-state index in [2.05, 4.69) is 20.6 Å². The lowest BCUT2D eigenvalue weighted by atomic mass is 10.1. The Balaban J connectivity index is 2.12. The molecule has 0 amide bonds. The molecule has 0 fully saturated rings. The molecule has 0 spiro atoms. The molecular weight excluding hydrogens is 216 g/mol. The summed E-state index contributed by atoms with van der Waals surface area (Å²) >= 11 is 0. The van der Waals surface area contributed by atoms with Gasteiger partial charge in [-0.3, -0.25) is 0 Å². The molecule has 0 radical (unpaired) electrons. The first-order valence-electron chi connectivity index (χ1n) is 4.59. The van der Waals surface area contributed by atoms with E-state index in [1.807, 2.05) is 0 Å². The van der Waals surface area contributed by atoms with Gasteiger partial charge < -0.3 is 5.73 Å². The highest BCUT2D eigenvalue weighted by Gasteiger charge is 2.12. The van der Waals surface area contributed by atoms with Crippen molar-refractivity contribution in [2.24, 2.45) is 5.73 Å². The van der Waals surface area contributed by atoms with Gasteiger partial charge in [0, 0.05) is 0 Å². The van der Waals surface area contributed by atoms with Crippen molar-refractivity contribution in [2.45, 2.75) is 12.5 Å². The number of rotatable bonds is 3. The monoisotopic (exact) mass is 225 g/mol. The first-order valence-corrected chi connectivity index (χ1v) is 4.59. The van der Waals surface area contributed by atoms with Crippen molar-refractivity contribution in [3.63, 3.8) is 0 Å². The highest BCUT2D eigenvalue weighted by Crippen LogP contribution is 2.14. The molecular formula is C9H9F2N5. The summed E-state index contributed by atoms with van der Waals surface area (Å²) in [7, 11) is 0. The van der Waals surface area contributed by atoms with Crippen molar-refractivity contribution in [3.8, 4) is 0 Å². The van der Waals surface area contributed by atoms with Crippen LogP contribution in [0.1, 0.15) is 17.4 Å². The van der Waals surface area contributed by atoms with Crippen LogP contribution >= 0.6 is 0 Å². The number of hydrogen-bond donors (Lipinski definition) is 2. The third kappa shape index (κ3) is 2.19. The maximum Gasteiger partial charge on any atom is 0.191 e. The molecule has 84 valence electrons. The van der Waals surface area contributed by atoms with E-state index in [1.54, 1.807) is 0 Å².